The lowest BCUT2D eigenvalue weighted by Crippen LogP contribution is -1.95. The number of benzene rings is 1. The van der Waals surface area contributed by atoms with Crippen LogP contribution in [0.25, 0.3) is 0 Å². The van der Waals surface area contributed by atoms with Crippen LogP contribution in [0.2, 0.25) is 0 Å². The molecule has 132 valence electrons. The van der Waals surface area contributed by atoms with Gasteiger partial charge in [0, 0.05) is 17.4 Å². The number of nitro benzene ring substituents is 1. The molecule has 0 aromatic heterocycles. The molecule has 24 heavy (non-hydrogen) atoms. The molecule has 0 aliphatic rings. The standard InChI is InChI=1S/C14H17N3O2S.C2H6.C2H4/c1-10-8-12(4-5-14(10)17(18)19)6-7-20-9-13(16-3)11(2)15;2*1-2/h4-5,8-9,15H,3,6-7H2,1-2H3;1-2H3;1-2H2/b13-9-,15-11?;;. The van der Waals surface area contributed by atoms with Crippen LogP contribution in [0.5, 0.6) is 0 Å². The van der Waals surface area contributed by atoms with E-state index in [1.54, 1.807) is 37.7 Å². The lowest BCUT2D eigenvalue weighted by molar-refractivity contribution is -0.385. The van der Waals surface area contributed by atoms with Gasteiger partial charge >= 0.3 is 0 Å². The second-order valence-corrected chi connectivity index (χ2v) is 5.26. The van der Waals surface area contributed by atoms with Crippen molar-refractivity contribution in [3.05, 3.63) is 63.7 Å². The van der Waals surface area contributed by atoms with E-state index < -0.39 is 0 Å². The molecule has 0 unspecified atom stereocenters. The fraction of sp³-hybridized carbons (Fsp3) is 0.333. The first-order chi connectivity index (χ1) is 11.5. The fourth-order valence-electron chi connectivity index (χ4n) is 1.64. The van der Waals surface area contributed by atoms with Crippen LogP contribution in [0.1, 0.15) is 31.9 Å². The summed E-state index contributed by atoms with van der Waals surface area (Å²) < 4.78 is 0. The number of allylic oxidation sites excluding steroid dienone is 1. The Morgan fingerprint density at radius 3 is 2.42 bits per heavy atom. The van der Waals surface area contributed by atoms with Crippen molar-refractivity contribution in [1.82, 2.24) is 0 Å². The Kier molecular flexibility index (Phi) is 14.4. The van der Waals surface area contributed by atoms with Gasteiger partial charge in [0.25, 0.3) is 5.69 Å². The third kappa shape index (κ3) is 9.05. The maximum absolute atomic E-state index is 10.7. The average molecular weight is 350 g/mol. The number of nitrogens with zero attached hydrogens (tertiary/aromatic N) is 2. The summed E-state index contributed by atoms with van der Waals surface area (Å²) >= 11 is 1.55. The van der Waals surface area contributed by atoms with Gasteiger partial charge in [-0.05, 0) is 44.0 Å². The Bertz CT molecular complexity index is 584. The molecular weight excluding hydrogens is 322 g/mol. The molecule has 0 amide bonds. The summed E-state index contributed by atoms with van der Waals surface area (Å²) in [4.78, 5) is 14.1. The van der Waals surface area contributed by atoms with Crippen molar-refractivity contribution < 1.29 is 4.92 Å². The van der Waals surface area contributed by atoms with E-state index in [1.165, 1.54) is 0 Å². The molecule has 1 N–H and O–H groups in total. The first-order valence-corrected chi connectivity index (χ1v) is 8.58. The van der Waals surface area contributed by atoms with Gasteiger partial charge in [0.05, 0.1) is 16.3 Å². The lowest BCUT2D eigenvalue weighted by atomic mass is 10.1. The van der Waals surface area contributed by atoms with Gasteiger partial charge in [0.15, 0.2) is 0 Å². The SMILES string of the molecule is C=C.C=N/C(=C\SCCc1ccc([N+](=O)[O-])c(C)c1)C(C)=N.CC. The maximum Gasteiger partial charge on any atom is 0.272 e. The molecule has 0 atom stereocenters. The Morgan fingerprint density at radius 1 is 1.42 bits per heavy atom. The summed E-state index contributed by atoms with van der Waals surface area (Å²) in [5.41, 5.74) is 2.86. The van der Waals surface area contributed by atoms with E-state index in [2.05, 4.69) is 24.9 Å². The third-order valence-corrected chi connectivity index (χ3v) is 3.55. The van der Waals surface area contributed by atoms with Crippen molar-refractivity contribution in [2.45, 2.75) is 34.1 Å². The van der Waals surface area contributed by atoms with Crippen LogP contribution < -0.4 is 0 Å². The molecule has 0 bridgehead atoms. The number of nitro groups is 1. The minimum absolute atomic E-state index is 0.152. The quantitative estimate of drug-likeness (QED) is 0.229. The zero-order chi connectivity index (χ0) is 19.1. The normalized spacial score (nSPS) is 9.75. The number of hydrogen-bond donors (Lipinski definition) is 1. The summed E-state index contributed by atoms with van der Waals surface area (Å²) in [7, 11) is 0. The van der Waals surface area contributed by atoms with Gasteiger partial charge in [0.2, 0.25) is 0 Å². The molecule has 6 heteroatoms. The summed E-state index contributed by atoms with van der Waals surface area (Å²) in [6, 6.07) is 5.17. The molecule has 0 saturated carbocycles. The molecule has 0 heterocycles. The monoisotopic (exact) mass is 349 g/mol. The Morgan fingerprint density at radius 2 is 2.00 bits per heavy atom. The van der Waals surface area contributed by atoms with Crippen LogP contribution in [0.4, 0.5) is 5.69 Å². The van der Waals surface area contributed by atoms with Crippen molar-refractivity contribution in [1.29, 1.82) is 5.41 Å². The van der Waals surface area contributed by atoms with Gasteiger partial charge in [0.1, 0.15) is 0 Å². The minimum atomic E-state index is -0.370. The van der Waals surface area contributed by atoms with Crippen molar-refractivity contribution in [3.8, 4) is 0 Å². The highest BCUT2D eigenvalue weighted by molar-refractivity contribution is 8.02. The Labute approximate surface area is 149 Å². The zero-order valence-corrected chi connectivity index (χ0v) is 15.8. The molecule has 1 rings (SSSR count). The first kappa shape index (κ1) is 24.0. The van der Waals surface area contributed by atoms with Crippen LogP contribution >= 0.6 is 11.8 Å². The lowest BCUT2D eigenvalue weighted by Gasteiger charge is -2.03. The molecule has 5 nitrogen and oxygen atoms in total. The summed E-state index contributed by atoms with van der Waals surface area (Å²) in [6.45, 7) is 16.8. The van der Waals surface area contributed by atoms with Crippen molar-refractivity contribution in [3.63, 3.8) is 0 Å². The van der Waals surface area contributed by atoms with Crippen LogP contribution in [-0.4, -0.2) is 23.1 Å². The van der Waals surface area contributed by atoms with Gasteiger partial charge in [-0.2, -0.15) is 0 Å². The maximum atomic E-state index is 10.7. The highest BCUT2D eigenvalue weighted by atomic mass is 32.2. The molecule has 0 aliphatic heterocycles. The van der Waals surface area contributed by atoms with E-state index >= 15 is 0 Å². The highest BCUT2D eigenvalue weighted by Crippen LogP contribution is 2.20. The number of hydrogen-bond acceptors (Lipinski definition) is 5. The van der Waals surface area contributed by atoms with Crippen LogP contribution in [0, 0.1) is 22.4 Å². The summed E-state index contributed by atoms with van der Waals surface area (Å²) in [5.74, 6) is 0.823. The number of nitrogens with one attached hydrogen (secondary N) is 1. The van der Waals surface area contributed by atoms with Gasteiger partial charge in [-0.15, -0.1) is 24.9 Å². The van der Waals surface area contributed by atoms with Crippen molar-refractivity contribution in [2.75, 3.05) is 5.75 Å². The molecule has 0 fully saturated rings. The number of aryl methyl sites for hydroxylation is 2. The van der Waals surface area contributed by atoms with Crippen LogP contribution in [0.3, 0.4) is 0 Å². The molecule has 0 spiro atoms. The highest BCUT2D eigenvalue weighted by Gasteiger charge is 2.09. The summed E-state index contributed by atoms with van der Waals surface area (Å²) in [5, 5.41) is 20.0. The molecule has 1 aromatic carbocycles. The van der Waals surface area contributed by atoms with E-state index in [1.807, 2.05) is 25.3 Å². The second kappa shape index (κ2) is 14.4. The smallest absolute Gasteiger partial charge is 0.272 e. The zero-order valence-electron chi connectivity index (χ0n) is 15.0. The van der Waals surface area contributed by atoms with E-state index in [-0.39, 0.29) is 10.6 Å². The molecule has 0 saturated heterocycles. The van der Waals surface area contributed by atoms with E-state index in [4.69, 9.17) is 5.41 Å². The van der Waals surface area contributed by atoms with Gasteiger partial charge in [-0.3, -0.25) is 15.1 Å². The Balaban J connectivity index is 0. The van der Waals surface area contributed by atoms with Gasteiger partial charge < -0.3 is 5.41 Å². The van der Waals surface area contributed by atoms with Gasteiger partial charge in [-0.25, -0.2) is 0 Å². The van der Waals surface area contributed by atoms with E-state index in [0.29, 0.717) is 17.0 Å². The van der Waals surface area contributed by atoms with E-state index in [0.717, 1.165) is 17.7 Å². The van der Waals surface area contributed by atoms with E-state index in [9.17, 15) is 10.1 Å². The number of thioether (sulfide) groups is 1. The topological polar surface area (TPSA) is 79.3 Å². The molecule has 0 radical (unpaired) electrons. The van der Waals surface area contributed by atoms with Crippen molar-refractivity contribution >= 4 is 29.9 Å². The number of rotatable bonds is 7. The average Bonchev–Trinajstić information content (AvgIpc) is 2.58. The predicted octanol–water partition coefficient (Wildman–Crippen LogP) is 5.59. The fourth-order valence-corrected chi connectivity index (χ4v) is 2.52. The van der Waals surface area contributed by atoms with Crippen LogP contribution in [-0.2, 0) is 6.42 Å². The minimum Gasteiger partial charge on any atom is -0.303 e. The first-order valence-electron chi connectivity index (χ1n) is 7.53. The Hall–Kier alpha value is -2.21. The predicted molar refractivity (Wildman–Crippen MR) is 108 cm³/mol. The van der Waals surface area contributed by atoms with Crippen LogP contribution in [0.15, 0.2) is 47.5 Å². The number of aliphatic imine (C=N–C) groups is 1. The largest absolute Gasteiger partial charge is 0.303 e. The van der Waals surface area contributed by atoms with Crippen molar-refractivity contribution in [2.24, 2.45) is 4.99 Å². The second-order valence-electron chi connectivity index (χ2n) is 4.28. The molecule has 0 aliphatic carbocycles. The summed E-state index contributed by atoms with van der Waals surface area (Å²) in [6.07, 6.45) is 0.807. The third-order valence-electron chi connectivity index (χ3n) is 2.72. The molecule has 1 aromatic rings. The molecular formula is C18H27N3O2S. The van der Waals surface area contributed by atoms with Gasteiger partial charge in [-0.1, -0.05) is 19.9 Å².